The van der Waals surface area contributed by atoms with Gasteiger partial charge < -0.3 is 19.4 Å². The fraction of sp³-hybridized carbons (Fsp3) is 0.455. The molecule has 0 spiro atoms. The number of esters is 1. The van der Waals surface area contributed by atoms with Crippen molar-refractivity contribution >= 4 is 41.1 Å². The van der Waals surface area contributed by atoms with Crippen molar-refractivity contribution in [2.24, 2.45) is 11.8 Å². The Labute approximate surface area is 373 Å². The van der Waals surface area contributed by atoms with Gasteiger partial charge in [-0.15, -0.1) is 0 Å². The van der Waals surface area contributed by atoms with E-state index >= 15 is 0 Å². The van der Waals surface area contributed by atoms with Crippen LogP contribution in [0.15, 0.2) is 55.5 Å². The van der Waals surface area contributed by atoms with Crippen LogP contribution in [0.2, 0.25) is 0 Å². The van der Waals surface area contributed by atoms with Gasteiger partial charge in [0.1, 0.15) is 24.2 Å². The van der Waals surface area contributed by atoms with Gasteiger partial charge in [0, 0.05) is 88.6 Å². The molecule has 0 radical (unpaired) electrons. The van der Waals surface area contributed by atoms with Gasteiger partial charge in [0.15, 0.2) is 17.3 Å². The van der Waals surface area contributed by atoms with Crippen molar-refractivity contribution in [1.29, 1.82) is 10.5 Å². The van der Waals surface area contributed by atoms with Crippen LogP contribution < -0.4 is 14.7 Å². The van der Waals surface area contributed by atoms with E-state index in [2.05, 4.69) is 36.0 Å². The molecule has 5 saturated heterocycles. The first-order chi connectivity index (χ1) is 31.7. The van der Waals surface area contributed by atoms with Crippen LogP contribution in [0.25, 0.3) is 0 Å². The summed E-state index contributed by atoms with van der Waals surface area (Å²) in [5.41, 5.74) is 2.76. The minimum atomic E-state index is -0.837. The van der Waals surface area contributed by atoms with E-state index in [1.165, 1.54) is 16.3 Å². The lowest BCUT2D eigenvalue weighted by atomic mass is 9.94. The van der Waals surface area contributed by atoms with E-state index in [-0.39, 0.29) is 54.1 Å². The van der Waals surface area contributed by atoms with Gasteiger partial charge in [-0.05, 0) is 61.9 Å². The lowest BCUT2D eigenvalue weighted by Gasteiger charge is -2.34. The third kappa shape index (κ3) is 9.66. The van der Waals surface area contributed by atoms with Crippen LogP contribution in [0, 0.1) is 40.3 Å². The highest BCUT2D eigenvalue weighted by Crippen LogP contribution is 2.37. The number of aromatic nitrogens is 6. The van der Waals surface area contributed by atoms with Crippen LogP contribution in [0.4, 0.5) is 21.8 Å². The summed E-state index contributed by atoms with van der Waals surface area (Å²) >= 11 is 0. The molecular formula is C44H46FN13O7. The van der Waals surface area contributed by atoms with Crippen LogP contribution >= 0.6 is 0 Å². The number of amides is 3. The molecule has 0 unspecified atom stereocenters. The minimum Gasteiger partial charge on any atom is -0.461 e. The summed E-state index contributed by atoms with van der Waals surface area (Å²) in [6.07, 6.45) is 13.4. The van der Waals surface area contributed by atoms with Crippen molar-refractivity contribution < 1.29 is 38.0 Å². The molecule has 65 heavy (non-hydrogen) atoms. The molecule has 2 atom stereocenters. The summed E-state index contributed by atoms with van der Waals surface area (Å²) in [5, 5.41) is 21.1. The number of nitrogens with zero attached hydrogens (tertiary/aromatic N) is 13. The average Bonchev–Trinajstić information content (AvgIpc) is 4.05. The van der Waals surface area contributed by atoms with Crippen molar-refractivity contribution in [1.82, 2.24) is 40.0 Å². The van der Waals surface area contributed by atoms with E-state index in [0.29, 0.717) is 108 Å². The van der Waals surface area contributed by atoms with Crippen LogP contribution in [0.5, 0.6) is 0 Å². The number of β-lactam (4-membered cyclic amide) rings is 1. The number of pyridine rings is 2. The molecule has 21 heteroatoms. The summed E-state index contributed by atoms with van der Waals surface area (Å²) in [6.45, 7) is 5.36. The fourth-order valence-corrected chi connectivity index (χ4v) is 8.55. The Bertz CT molecular complexity index is 2500. The Kier molecular flexibility index (Phi) is 13.7. The predicted molar refractivity (Wildman–Crippen MR) is 225 cm³/mol. The number of carbonyl (C=O) groups excluding carboxylic acids is 4. The molecule has 5 fully saturated rings. The zero-order chi connectivity index (χ0) is 45.5. The number of halogens is 1. The summed E-state index contributed by atoms with van der Waals surface area (Å²) < 4.78 is 19.7. The van der Waals surface area contributed by atoms with E-state index in [4.69, 9.17) is 24.9 Å². The Balaban J connectivity index is 0.000000177. The van der Waals surface area contributed by atoms with Crippen molar-refractivity contribution in [2.75, 3.05) is 67.2 Å². The SMILES string of the molecule is CCOC(=O)c1ncnc(N2CCC(C(=O)N3OCC[C@H]3c3cncc(C#N)c3)CC2)c1F.N#Cc1ccnc(N2CCC(C(=O)N3OCC[C@H]3c3cncc(N4CCC4=O)c3)CC2)n1. The highest BCUT2D eigenvalue weighted by Gasteiger charge is 2.40. The largest absolute Gasteiger partial charge is 0.461 e. The summed E-state index contributed by atoms with van der Waals surface area (Å²) in [5.74, 6) is -1.65. The number of piperidine rings is 2. The molecule has 5 aliphatic rings. The van der Waals surface area contributed by atoms with Crippen molar-refractivity contribution in [3.8, 4) is 12.1 Å². The molecule has 0 aliphatic carbocycles. The first-order valence-electron chi connectivity index (χ1n) is 21.6. The molecule has 0 bridgehead atoms. The summed E-state index contributed by atoms with van der Waals surface area (Å²) in [4.78, 5) is 91.6. The quantitative estimate of drug-likeness (QED) is 0.172. The number of nitriles is 2. The second-order valence-electron chi connectivity index (χ2n) is 16.0. The van der Waals surface area contributed by atoms with Crippen molar-refractivity contribution in [2.45, 2.75) is 64.0 Å². The second-order valence-corrected chi connectivity index (χ2v) is 16.0. The number of rotatable bonds is 9. The maximum atomic E-state index is 14.8. The first-order valence-corrected chi connectivity index (χ1v) is 21.6. The molecule has 0 saturated carbocycles. The Hall–Kier alpha value is -7.23. The third-order valence-electron chi connectivity index (χ3n) is 12.1. The normalized spacial score (nSPS) is 20.1. The molecule has 4 aromatic heterocycles. The van der Waals surface area contributed by atoms with Gasteiger partial charge in [-0.1, -0.05) is 0 Å². The average molecular weight is 888 g/mol. The van der Waals surface area contributed by atoms with Gasteiger partial charge in [0.2, 0.25) is 23.7 Å². The molecular weight excluding hydrogens is 842 g/mol. The molecule has 0 aromatic carbocycles. The summed E-state index contributed by atoms with van der Waals surface area (Å²) in [7, 11) is 0. The van der Waals surface area contributed by atoms with E-state index in [0.717, 1.165) is 23.1 Å². The third-order valence-corrected chi connectivity index (χ3v) is 12.1. The van der Waals surface area contributed by atoms with Crippen LogP contribution in [0.3, 0.4) is 0 Å². The van der Waals surface area contributed by atoms with Gasteiger partial charge in [0.25, 0.3) is 0 Å². The molecule has 3 amide bonds. The van der Waals surface area contributed by atoms with Gasteiger partial charge >= 0.3 is 5.97 Å². The Morgan fingerprint density at radius 1 is 0.800 bits per heavy atom. The predicted octanol–water partition coefficient (Wildman–Crippen LogP) is 3.78. The van der Waals surface area contributed by atoms with Gasteiger partial charge in [-0.25, -0.2) is 39.2 Å². The number of carbonyl (C=O) groups is 4. The van der Waals surface area contributed by atoms with Gasteiger partial charge in [-0.3, -0.25) is 34.0 Å². The zero-order valence-corrected chi connectivity index (χ0v) is 35.7. The smallest absolute Gasteiger partial charge is 0.360 e. The van der Waals surface area contributed by atoms with Crippen LogP contribution in [0.1, 0.15) is 96.8 Å². The monoisotopic (exact) mass is 887 g/mol. The number of hydrogen-bond acceptors (Lipinski definition) is 17. The fourth-order valence-electron chi connectivity index (χ4n) is 8.55. The highest BCUT2D eigenvalue weighted by molar-refractivity contribution is 5.99. The number of anilines is 3. The molecule has 9 rings (SSSR count). The number of ether oxygens (including phenoxy) is 1. The van der Waals surface area contributed by atoms with E-state index in [1.54, 1.807) is 53.6 Å². The topological polar surface area (TPSA) is 237 Å². The standard InChI is InChI=1S/C22H23FN6O4.C22H23N7O3/c1-2-32-22(31)19-18(23)20(27-13-26-19)28-6-3-15(4-7-28)21(30)29-17(5-8-33-29)16-9-14(10-24)11-25-12-16;23-12-17-1-6-25-22(26-17)27-7-2-15(3-8-27)21(31)29-19(5-10-32-29)16-11-18(14-24-13-16)28-9-4-20(28)30/h9,11-13,15,17H,2-8H2,1H3;1,6,11,13-15,19H,2-5,7-10H2/t17-;19-/m00/s1. The molecule has 5 aliphatic heterocycles. The summed E-state index contributed by atoms with van der Waals surface area (Å²) in [6, 6.07) is 8.81. The maximum absolute atomic E-state index is 14.8. The van der Waals surface area contributed by atoms with E-state index in [1.807, 2.05) is 17.0 Å². The van der Waals surface area contributed by atoms with Crippen molar-refractivity contribution in [3.63, 3.8) is 0 Å². The van der Waals surface area contributed by atoms with Crippen molar-refractivity contribution in [3.05, 3.63) is 89.4 Å². The first kappa shape index (κ1) is 44.4. The highest BCUT2D eigenvalue weighted by atomic mass is 19.1. The minimum absolute atomic E-state index is 0.0219. The Morgan fingerprint density at radius 3 is 2.02 bits per heavy atom. The Morgan fingerprint density at radius 2 is 1.43 bits per heavy atom. The van der Waals surface area contributed by atoms with Gasteiger partial charge in [0.05, 0.1) is 49.4 Å². The second kappa shape index (κ2) is 20.1. The molecule has 0 N–H and O–H groups in total. The molecule has 336 valence electrons. The zero-order valence-electron chi connectivity index (χ0n) is 35.7. The number of hydroxylamine groups is 4. The van der Waals surface area contributed by atoms with E-state index < -0.39 is 17.5 Å². The lowest BCUT2D eigenvalue weighted by molar-refractivity contribution is -0.182. The van der Waals surface area contributed by atoms with Gasteiger partial charge in [-0.2, -0.15) is 10.5 Å². The van der Waals surface area contributed by atoms with Crippen LogP contribution in [-0.2, 0) is 28.8 Å². The van der Waals surface area contributed by atoms with E-state index in [9.17, 15) is 23.6 Å². The number of hydrogen-bond donors (Lipinski definition) is 0. The lowest BCUT2D eigenvalue weighted by Crippen LogP contribution is -2.43. The molecule has 20 nitrogen and oxygen atoms in total. The molecule has 9 heterocycles. The molecule has 4 aromatic rings. The maximum Gasteiger partial charge on any atom is 0.360 e. The van der Waals surface area contributed by atoms with Crippen LogP contribution in [-0.4, -0.2) is 116 Å².